The van der Waals surface area contributed by atoms with Gasteiger partial charge < -0.3 is 14.8 Å². The van der Waals surface area contributed by atoms with Gasteiger partial charge in [0, 0.05) is 16.1 Å². The van der Waals surface area contributed by atoms with Crippen molar-refractivity contribution in [3.8, 4) is 5.75 Å². The SMILES string of the molecule is COc1ccc(/C=C/C(=O)N[C@@H](C)C(=O)OCc2ccc(F)cc2Br)cc1. The van der Waals surface area contributed by atoms with Crippen molar-refractivity contribution in [1.82, 2.24) is 5.32 Å². The van der Waals surface area contributed by atoms with Crippen molar-refractivity contribution < 1.29 is 23.5 Å². The summed E-state index contributed by atoms with van der Waals surface area (Å²) in [5, 5.41) is 2.54. The van der Waals surface area contributed by atoms with Crippen LogP contribution in [0.4, 0.5) is 4.39 Å². The highest BCUT2D eigenvalue weighted by molar-refractivity contribution is 9.10. The molecule has 7 heteroatoms. The molecule has 1 amide bonds. The summed E-state index contributed by atoms with van der Waals surface area (Å²) in [4.78, 5) is 24.0. The van der Waals surface area contributed by atoms with Gasteiger partial charge in [-0.1, -0.05) is 34.1 Å². The molecule has 27 heavy (non-hydrogen) atoms. The Morgan fingerprint density at radius 1 is 1.22 bits per heavy atom. The number of rotatable bonds is 7. The number of halogens is 2. The minimum atomic E-state index is -0.822. The van der Waals surface area contributed by atoms with Crippen LogP contribution in [0.2, 0.25) is 0 Å². The molecule has 5 nitrogen and oxygen atoms in total. The van der Waals surface area contributed by atoms with Crippen molar-refractivity contribution in [3.05, 3.63) is 70.0 Å². The summed E-state index contributed by atoms with van der Waals surface area (Å²) in [6.07, 6.45) is 2.96. The van der Waals surface area contributed by atoms with Gasteiger partial charge in [-0.2, -0.15) is 0 Å². The number of nitrogens with one attached hydrogen (secondary N) is 1. The maximum atomic E-state index is 13.1. The van der Waals surface area contributed by atoms with Crippen LogP contribution >= 0.6 is 15.9 Å². The van der Waals surface area contributed by atoms with Crippen LogP contribution in [0, 0.1) is 5.82 Å². The Hall–Kier alpha value is -2.67. The molecule has 0 radical (unpaired) electrons. The fraction of sp³-hybridized carbons (Fsp3) is 0.200. The zero-order valence-corrected chi connectivity index (χ0v) is 16.5. The van der Waals surface area contributed by atoms with E-state index >= 15 is 0 Å². The molecule has 2 aromatic rings. The Balaban J connectivity index is 1.83. The third kappa shape index (κ3) is 6.53. The Morgan fingerprint density at radius 2 is 1.93 bits per heavy atom. The lowest BCUT2D eigenvalue weighted by Crippen LogP contribution is -2.38. The zero-order chi connectivity index (χ0) is 19.8. The standard InChI is InChI=1S/C20H19BrFNO4/c1-13(20(25)27-12-15-6-7-16(22)11-18(15)21)23-19(24)10-5-14-3-8-17(26-2)9-4-14/h3-11,13H,12H2,1-2H3,(H,23,24)/b10-5+/t13-/m0/s1. The summed E-state index contributed by atoms with van der Waals surface area (Å²) < 4.78 is 23.8. The van der Waals surface area contributed by atoms with Gasteiger partial charge in [-0.3, -0.25) is 4.79 Å². The Morgan fingerprint density at radius 3 is 2.56 bits per heavy atom. The van der Waals surface area contributed by atoms with Crippen molar-refractivity contribution in [2.45, 2.75) is 19.6 Å². The Labute approximate surface area is 165 Å². The van der Waals surface area contributed by atoms with Gasteiger partial charge in [0.2, 0.25) is 5.91 Å². The highest BCUT2D eigenvalue weighted by atomic mass is 79.9. The van der Waals surface area contributed by atoms with Crippen LogP contribution in [-0.2, 0) is 20.9 Å². The number of carbonyl (C=O) groups excluding carboxylic acids is 2. The molecule has 1 N–H and O–H groups in total. The van der Waals surface area contributed by atoms with Crippen molar-refractivity contribution in [1.29, 1.82) is 0 Å². The van der Waals surface area contributed by atoms with Gasteiger partial charge in [-0.15, -0.1) is 0 Å². The predicted octanol–water partition coefficient (Wildman–Crippen LogP) is 3.86. The molecule has 0 bridgehead atoms. The van der Waals surface area contributed by atoms with E-state index in [9.17, 15) is 14.0 Å². The van der Waals surface area contributed by atoms with Crippen LogP contribution in [0.25, 0.3) is 6.08 Å². The fourth-order valence-electron chi connectivity index (χ4n) is 2.12. The number of hydrogen-bond donors (Lipinski definition) is 1. The lowest BCUT2D eigenvalue weighted by molar-refractivity contribution is -0.148. The summed E-state index contributed by atoms with van der Waals surface area (Å²) in [7, 11) is 1.58. The van der Waals surface area contributed by atoms with Crippen molar-refractivity contribution in [2.75, 3.05) is 7.11 Å². The van der Waals surface area contributed by atoms with E-state index in [4.69, 9.17) is 9.47 Å². The zero-order valence-electron chi connectivity index (χ0n) is 14.9. The van der Waals surface area contributed by atoms with E-state index in [1.807, 2.05) is 0 Å². The normalized spacial score (nSPS) is 11.9. The van der Waals surface area contributed by atoms with Crippen LogP contribution in [0.3, 0.4) is 0 Å². The quantitative estimate of drug-likeness (QED) is 0.529. The minimum Gasteiger partial charge on any atom is -0.497 e. The van der Waals surface area contributed by atoms with E-state index in [2.05, 4.69) is 21.2 Å². The van der Waals surface area contributed by atoms with Gasteiger partial charge in [-0.25, -0.2) is 9.18 Å². The summed E-state index contributed by atoms with van der Waals surface area (Å²) >= 11 is 3.21. The van der Waals surface area contributed by atoms with Crippen molar-refractivity contribution >= 4 is 33.9 Å². The summed E-state index contributed by atoms with van der Waals surface area (Å²) in [6.45, 7) is 1.50. The highest BCUT2D eigenvalue weighted by Gasteiger charge is 2.16. The number of esters is 1. The first-order valence-electron chi connectivity index (χ1n) is 8.12. The second kappa shape index (κ2) is 9.87. The fourth-order valence-corrected chi connectivity index (χ4v) is 2.59. The van der Waals surface area contributed by atoms with Crippen LogP contribution in [0.15, 0.2) is 53.0 Å². The van der Waals surface area contributed by atoms with Gasteiger partial charge in [0.25, 0.3) is 0 Å². The average molecular weight is 436 g/mol. The Kier molecular flexibility index (Phi) is 7.55. The van der Waals surface area contributed by atoms with E-state index in [1.165, 1.54) is 31.2 Å². The molecule has 0 spiro atoms. The maximum absolute atomic E-state index is 13.1. The van der Waals surface area contributed by atoms with Crippen molar-refractivity contribution in [3.63, 3.8) is 0 Å². The molecule has 0 fully saturated rings. The monoisotopic (exact) mass is 435 g/mol. The van der Waals surface area contributed by atoms with Crippen molar-refractivity contribution in [2.24, 2.45) is 0 Å². The topological polar surface area (TPSA) is 64.6 Å². The van der Waals surface area contributed by atoms with E-state index < -0.39 is 17.9 Å². The molecule has 142 valence electrons. The molecule has 0 aliphatic heterocycles. The number of benzene rings is 2. The molecule has 0 saturated heterocycles. The first kappa shape index (κ1) is 20.6. The second-order valence-corrected chi connectivity index (χ2v) is 6.53. The first-order valence-corrected chi connectivity index (χ1v) is 8.91. The number of amides is 1. The molecule has 0 aliphatic rings. The second-order valence-electron chi connectivity index (χ2n) is 5.68. The van der Waals surface area contributed by atoms with E-state index in [0.717, 1.165) is 11.3 Å². The number of carbonyl (C=O) groups is 2. The minimum absolute atomic E-state index is 0.0262. The molecule has 1 atom stereocenters. The summed E-state index contributed by atoms with van der Waals surface area (Å²) in [5.74, 6) is -0.669. The number of methoxy groups -OCH3 is 1. The lowest BCUT2D eigenvalue weighted by atomic mass is 10.2. The molecule has 0 unspecified atom stereocenters. The van der Waals surface area contributed by atoms with Gasteiger partial charge in [0.05, 0.1) is 7.11 Å². The van der Waals surface area contributed by atoms with Crippen LogP contribution in [0.1, 0.15) is 18.1 Å². The number of hydrogen-bond acceptors (Lipinski definition) is 4. The smallest absolute Gasteiger partial charge is 0.328 e. The van der Waals surface area contributed by atoms with E-state index in [-0.39, 0.29) is 12.4 Å². The lowest BCUT2D eigenvalue weighted by Gasteiger charge is -2.13. The first-order chi connectivity index (χ1) is 12.9. The third-order valence-corrected chi connectivity index (χ3v) is 4.38. The highest BCUT2D eigenvalue weighted by Crippen LogP contribution is 2.19. The van der Waals surface area contributed by atoms with Crippen LogP contribution in [-0.4, -0.2) is 25.0 Å². The van der Waals surface area contributed by atoms with Gasteiger partial charge in [0.1, 0.15) is 24.2 Å². The van der Waals surface area contributed by atoms with E-state index in [1.54, 1.807) is 37.5 Å². The maximum Gasteiger partial charge on any atom is 0.328 e. The average Bonchev–Trinajstić information content (AvgIpc) is 2.65. The molecular weight excluding hydrogens is 417 g/mol. The molecule has 0 saturated carbocycles. The summed E-state index contributed by atoms with van der Waals surface area (Å²) in [6, 6.07) is 10.4. The van der Waals surface area contributed by atoms with Gasteiger partial charge >= 0.3 is 5.97 Å². The largest absolute Gasteiger partial charge is 0.497 e. The predicted molar refractivity (Wildman–Crippen MR) is 104 cm³/mol. The van der Waals surface area contributed by atoms with Gasteiger partial charge in [0.15, 0.2) is 0 Å². The van der Waals surface area contributed by atoms with Gasteiger partial charge in [-0.05, 0) is 42.8 Å². The molecule has 2 rings (SSSR count). The molecule has 2 aromatic carbocycles. The molecule has 0 aliphatic carbocycles. The van der Waals surface area contributed by atoms with Crippen LogP contribution < -0.4 is 10.1 Å². The van der Waals surface area contributed by atoms with Crippen LogP contribution in [0.5, 0.6) is 5.75 Å². The number of ether oxygens (including phenoxy) is 2. The summed E-state index contributed by atoms with van der Waals surface area (Å²) in [5.41, 5.74) is 1.45. The molecular formula is C20H19BrFNO4. The van der Waals surface area contributed by atoms with E-state index in [0.29, 0.717) is 10.0 Å². The molecule has 0 heterocycles. The Bertz CT molecular complexity index is 836. The molecule has 0 aromatic heterocycles. The third-order valence-electron chi connectivity index (χ3n) is 3.64.